The molecular formula is C26H35F3N6O4. The van der Waals surface area contributed by atoms with Crippen molar-refractivity contribution in [3.63, 3.8) is 0 Å². The molecule has 10 nitrogen and oxygen atoms in total. The first kappa shape index (κ1) is 29.9. The average Bonchev–Trinajstić information content (AvgIpc) is 2.91. The van der Waals surface area contributed by atoms with E-state index in [4.69, 9.17) is 9.47 Å². The quantitative estimate of drug-likeness (QED) is 0.564. The van der Waals surface area contributed by atoms with E-state index in [2.05, 4.69) is 25.6 Å². The number of nitrogens with one attached hydrogen (secondary N) is 2. The second kappa shape index (κ2) is 15.1. The van der Waals surface area contributed by atoms with Crippen LogP contribution in [0.15, 0.2) is 24.3 Å². The highest BCUT2D eigenvalue weighted by atomic mass is 19.4. The number of carbonyl (C=O) groups is 2. The lowest BCUT2D eigenvalue weighted by Crippen LogP contribution is -2.35. The van der Waals surface area contributed by atoms with E-state index in [1.54, 1.807) is 29.2 Å². The van der Waals surface area contributed by atoms with Gasteiger partial charge in [0, 0.05) is 38.2 Å². The van der Waals surface area contributed by atoms with Crippen LogP contribution < -0.4 is 15.4 Å². The molecule has 0 unspecified atom stereocenters. The van der Waals surface area contributed by atoms with Gasteiger partial charge in [-0.1, -0.05) is 37.8 Å². The second-order valence-corrected chi connectivity index (χ2v) is 9.25. The van der Waals surface area contributed by atoms with E-state index in [0.717, 1.165) is 44.1 Å². The topological polar surface area (TPSA) is 119 Å². The number of methoxy groups -OCH3 is 1. The van der Waals surface area contributed by atoms with Crippen LogP contribution in [0.3, 0.4) is 0 Å². The van der Waals surface area contributed by atoms with Gasteiger partial charge in [-0.2, -0.15) is 28.1 Å². The van der Waals surface area contributed by atoms with Crippen molar-refractivity contribution in [1.29, 1.82) is 0 Å². The first-order valence-corrected chi connectivity index (χ1v) is 13.1. The van der Waals surface area contributed by atoms with Gasteiger partial charge in [-0.25, -0.2) is 4.79 Å². The molecule has 0 atom stereocenters. The first-order valence-electron chi connectivity index (χ1n) is 13.1. The minimum absolute atomic E-state index is 0.148. The van der Waals surface area contributed by atoms with Crippen LogP contribution in [-0.4, -0.2) is 77.9 Å². The lowest BCUT2D eigenvalue weighted by atomic mass is 10.1. The van der Waals surface area contributed by atoms with Crippen molar-refractivity contribution in [3.05, 3.63) is 41.2 Å². The van der Waals surface area contributed by atoms with Crippen LogP contribution in [0.1, 0.15) is 66.7 Å². The SMILES string of the molecule is COC(=O)N1CCCCCCCCNc2nc(nc(OCC(F)(F)F)n2)Cc2ccc(cc2)C(=O)NCCC1. The third-order valence-corrected chi connectivity index (χ3v) is 6.07. The molecule has 2 N–H and O–H groups in total. The number of aromatic nitrogens is 3. The Labute approximate surface area is 225 Å². The van der Waals surface area contributed by atoms with Gasteiger partial charge in [0.1, 0.15) is 5.82 Å². The van der Waals surface area contributed by atoms with Crippen LogP contribution in [0.25, 0.3) is 0 Å². The summed E-state index contributed by atoms with van der Waals surface area (Å²) in [6, 6.07) is 6.37. The summed E-state index contributed by atoms with van der Waals surface area (Å²) in [5.74, 6) is 0.143. The number of benzene rings is 1. The van der Waals surface area contributed by atoms with E-state index in [-0.39, 0.29) is 30.2 Å². The molecule has 13 heteroatoms. The molecule has 0 saturated heterocycles. The maximum absolute atomic E-state index is 12.7. The van der Waals surface area contributed by atoms with Crippen molar-refractivity contribution >= 4 is 17.9 Å². The van der Waals surface area contributed by atoms with Crippen molar-refractivity contribution in [2.24, 2.45) is 0 Å². The Morgan fingerprint density at radius 2 is 1.59 bits per heavy atom. The number of hydrogen-bond acceptors (Lipinski definition) is 8. The number of fused-ring (bicyclic) bond motifs is 16. The van der Waals surface area contributed by atoms with Crippen molar-refractivity contribution in [2.75, 3.05) is 45.2 Å². The molecule has 0 aliphatic carbocycles. The standard InChI is InChI=1S/C26H35F3N6O4/c1-38-25(37)35-15-7-5-3-2-4-6-13-31-23-32-21(33-24(34-23)39-18-26(27,28)29)17-19-9-11-20(12-10-19)22(36)30-14-8-16-35/h9-12H,2-8,13-18H2,1H3,(H,30,36)(H,31,32,33,34). The lowest BCUT2D eigenvalue weighted by Gasteiger charge is -2.21. The van der Waals surface area contributed by atoms with Crippen molar-refractivity contribution in [1.82, 2.24) is 25.2 Å². The number of ether oxygens (including phenoxy) is 2. The van der Waals surface area contributed by atoms with Crippen LogP contribution in [0.2, 0.25) is 0 Å². The molecule has 0 radical (unpaired) electrons. The summed E-state index contributed by atoms with van der Waals surface area (Å²) < 4.78 is 47.7. The summed E-state index contributed by atoms with van der Waals surface area (Å²) in [6.07, 6.45) is 1.51. The van der Waals surface area contributed by atoms with Gasteiger partial charge in [0.2, 0.25) is 5.95 Å². The maximum Gasteiger partial charge on any atom is 0.422 e. The number of halogens is 3. The second-order valence-electron chi connectivity index (χ2n) is 9.25. The normalized spacial score (nSPS) is 16.6. The first-order chi connectivity index (χ1) is 18.7. The van der Waals surface area contributed by atoms with E-state index in [9.17, 15) is 22.8 Å². The molecule has 2 aliphatic heterocycles. The lowest BCUT2D eigenvalue weighted by molar-refractivity contribution is -0.154. The monoisotopic (exact) mass is 552 g/mol. The highest BCUT2D eigenvalue weighted by Crippen LogP contribution is 2.18. The molecule has 4 bridgehead atoms. The van der Waals surface area contributed by atoms with Gasteiger partial charge in [-0.15, -0.1) is 0 Å². The van der Waals surface area contributed by atoms with E-state index in [1.165, 1.54) is 7.11 Å². The molecule has 0 spiro atoms. The summed E-state index contributed by atoms with van der Waals surface area (Å²) in [5.41, 5.74) is 1.21. The van der Waals surface area contributed by atoms with Gasteiger partial charge in [0.05, 0.1) is 7.11 Å². The maximum atomic E-state index is 12.7. The Morgan fingerprint density at radius 1 is 0.923 bits per heavy atom. The van der Waals surface area contributed by atoms with Gasteiger partial charge in [-0.3, -0.25) is 4.79 Å². The van der Waals surface area contributed by atoms with Gasteiger partial charge in [0.15, 0.2) is 6.61 Å². The average molecular weight is 553 g/mol. The zero-order chi connectivity index (χ0) is 28.1. The molecule has 3 heterocycles. The number of anilines is 1. The number of amides is 2. The van der Waals surface area contributed by atoms with Gasteiger partial charge < -0.3 is 25.0 Å². The molecule has 0 saturated carbocycles. The van der Waals surface area contributed by atoms with Crippen molar-refractivity contribution < 1.29 is 32.2 Å². The highest BCUT2D eigenvalue weighted by molar-refractivity contribution is 5.94. The van der Waals surface area contributed by atoms with E-state index in [1.807, 2.05) is 0 Å². The molecule has 2 aliphatic rings. The van der Waals surface area contributed by atoms with E-state index < -0.39 is 18.8 Å². The van der Waals surface area contributed by atoms with Crippen LogP contribution in [0, 0.1) is 0 Å². The Kier molecular flexibility index (Phi) is 11.6. The fourth-order valence-electron chi connectivity index (χ4n) is 4.06. The summed E-state index contributed by atoms with van der Waals surface area (Å²) in [5, 5.41) is 5.91. The zero-order valence-electron chi connectivity index (χ0n) is 22.1. The van der Waals surface area contributed by atoms with Crippen LogP contribution in [-0.2, 0) is 11.2 Å². The Bertz CT molecular complexity index is 1070. The number of rotatable bonds is 2. The van der Waals surface area contributed by atoms with Crippen LogP contribution >= 0.6 is 0 Å². The molecular weight excluding hydrogens is 517 g/mol. The summed E-state index contributed by atoms with van der Waals surface area (Å²) >= 11 is 0. The summed E-state index contributed by atoms with van der Waals surface area (Å²) in [6.45, 7) is 0.511. The molecule has 2 amide bonds. The highest BCUT2D eigenvalue weighted by Gasteiger charge is 2.29. The fraction of sp³-hybridized carbons (Fsp3) is 0.577. The summed E-state index contributed by atoms with van der Waals surface area (Å²) in [4.78, 5) is 38.7. The fourth-order valence-corrected chi connectivity index (χ4v) is 4.06. The van der Waals surface area contributed by atoms with Crippen molar-refractivity contribution in [2.45, 2.75) is 57.5 Å². The molecule has 2 aromatic rings. The Morgan fingerprint density at radius 3 is 2.31 bits per heavy atom. The minimum atomic E-state index is -4.52. The van der Waals surface area contributed by atoms with Crippen LogP contribution in [0.5, 0.6) is 6.01 Å². The largest absolute Gasteiger partial charge is 0.454 e. The Hall–Kier alpha value is -3.64. The van der Waals surface area contributed by atoms with Gasteiger partial charge in [-0.05, 0) is 37.0 Å². The third-order valence-electron chi connectivity index (χ3n) is 6.07. The molecule has 1 aromatic carbocycles. The third kappa shape index (κ3) is 10.9. The Balaban J connectivity index is 1.71. The van der Waals surface area contributed by atoms with E-state index >= 15 is 0 Å². The molecule has 214 valence electrons. The smallest absolute Gasteiger partial charge is 0.422 e. The zero-order valence-corrected chi connectivity index (χ0v) is 22.1. The van der Waals surface area contributed by atoms with Gasteiger partial charge >= 0.3 is 18.3 Å². The number of hydrogen-bond donors (Lipinski definition) is 2. The van der Waals surface area contributed by atoms with E-state index in [0.29, 0.717) is 38.2 Å². The predicted octanol–water partition coefficient (Wildman–Crippen LogP) is 4.36. The number of nitrogens with zero attached hydrogens (tertiary/aromatic N) is 4. The predicted molar refractivity (Wildman–Crippen MR) is 138 cm³/mol. The van der Waals surface area contributed by atoms with Crippen LogP contribution in [0.4, 0.5) is 23.9 Å². The number of carbonyl (C=O) groups excluding carboxylic acids is 2. The molecule has 4 rings (SSSR count). The van der Waals surface area contributed by atoms with Crippen molar-refractivity contribution in [3.8, 4) is 6.01 Å². The molecule has 1 aromatic heterocycles. The number of alkyl halides is 3. The van der Waals surface area contributed by atoms with Gasteiger partial charge in [0.25, 0.3) is 5.91 Å². The minimum Gasteiger partial charge on any atom is -0.454 e. The molecule has 39 heavy (non-hydrogen) atoms. The molecule has 0 fully saturated rings. The summed E-state index contributed by atoms with van der Waals surface area (Å²) in [7, 11) is 1.36.